The molecule has 0 amide bonds. The molecular weight excluding hydrogens is 271 g/mol. The van der Waals surface area contributed by atoms with Gasteiger partial charge < -0.3 is 10.0 Å². The fraction of sp³-hybridized carbons (Fsp3) is 0.500. The number of likely N-dealkylation sites (N-methyl/N-ethyl adjacent to an activating group) is 1. The molecule has 2 atom stereocenters. The standard InChI is InChI=1S/C14H16F3NO2/c1-8(13(19)20)6-9-7-18(2)11-5-3-4-10(12(9)11)14(15,16)17/h3-5,8-9H,6-7H2,1-2H3,(H,19,20). The number of rotatable bonds is 3. The zero-order valence-electron chi connectivity index (χ0n) is 11.2. The average Bonchev–Trinajstić information content (AvgIpc) is 2.65. The second-order valence-electron chi connectivity index (χ2n) is 5.29. The first-order valence-electron chi connectivity index (χ1n) is 6.36. The highest BCUT2D eigenvalue weighted by molar-refractivity contribution is 5.70. The van der Waals surface area contributed by atoms with Crippen LogP contribution in [0.25, 0.3) is 0 Å². The molecule has 1 aliphatic heterocycles. The van der Waals surface area contributed by atoms with E-state index in [9.17, 15) is 18.0 Å². The molecular formula is C14H16F3NO2. The minimum Gasteiger partial charge on any atom is -0.481 e. The second kappa shape index (κ2) is 5.00. The fourth-order valence-corrected chi connectivity index (χ4v) is 2.80. The molecule has 0 fully saturated rings. The third-order valence-electron chi connectivity index (χ3n) is 3.76. The van der Waals surface area contributed by atoms with Crippen molar-refractivity contribution in [3.63, 3.8) is 0 Å². The largest absolute Gasteiger partial charge is 0.481 e. The number of benzene rings is 1. The van der Waals surface area contributed by atoms with Gasteiger partial charge in [0.2, 0.25) is 0 Å². The molecule has 6 heteroatoms. The number of alkyl halides is 3. The molecule has 0 saturated carbocycles. The number of hydrogen-bond donors (Lipinski definition) is 1. The lowest BCUT2D eigenvalue weighted by Crippen LogP contribution is -2.19. The monoisotopic (exact) mass is 287 g/mol. The quantitative estimate of drug-likeness (QED) is 0.926. The molecule has 0 radical (unpaired) electrons. The first kappa shape index (κ1) is 14.7. The highest BCUT2D eigenvalue weighted by Gasteiger charge is 2.40. The normalized spacial score (nSPS) is 19.9. The number of fused-ring (bicyclic) bond motifs is 1. The number of carbonyl (C=O) groups is 1. The summed E-state index contributed by atoms with van der Waals surface area (Å²) >= 11 is 0. The van der Waals surface area contributed by atoms with Gasteiger partial charge in [-0.15, -0.1) is 0 Å². The predicted octanol–water partition coefficient (Wildman–Crippen LogP) is 3.35. The number of aliphatic carboxylic acids is 1. The van der Waals surface area contributed by atoms with E-state index < -0.39 is 29.5 Å². The average molecular weight is 287 g/mol. The molecule has 0 aromatic heterocycles. The first-order valence-corrected chi connectivity index (χ1v) is 6.36. The third kappa shape index (κ3) is 2.59. The second-order valence-corrected chi connectivity index (χ2v) is 5.29. The molecule has 110 valence electrons. The molecule has 1 aromatic carbocycles. The Kier molecular flexibility index (Phi) is 3.67. The number of halogens is 3. The summed E-state index contributed by atoms with van der Waals surface area (Å²) in [7, 11) is 1.73. The molecule has 1 N–H and O–H groups in total. The van der Waals surface area contributed by atoms with Crippen LogP contribution < -0.4 is 4.90 Å². The molecule has 0 spiro atoms. The number of carboxylic acid groups (broad SMARTS) is 1. The minimum atomic E-state index is -4.42. The van der Waals surface area contributed by atoms with Crippen LogP contribution in [0.5, 0.6) is 0 Å². The van der Waals surface area contributed by atoms with E-state index in [2.05, 4.69) is 0 Å². The summed E-state index contributed by atoms with van der Waals surface area (Å²) in [4.78, 5) is 12.7. The van der Waals surface area contributed by atoms with Crippen molar-refractivity contribution in [3.05, 3.63) is 29.3 Å². The Hall–Kier alpha value is -1.72. The van der Waals surface area contributed by atoms with Gasteiger partial charge in [0.25, 0.3) is 0 Å². The van der Waals surface area contributed by atoms with Gasteiger partial charge in [-0.25, -0.2) is 0 Å². The summed E-state index contributed by atoms with van der Waals surface area (Å²) < 4.78 is 39.3. The Morgan fingerprint density at radius 2 is 2.15 bits per heavy atom. The molecule has 1 heterocycles. The van der Waals surface area contributed by atoms with Crippen LogP contribution in [0.4, 0.5) is 18.9 Å². The molecule has 0 saturated heterocycles. The summed E-state index contributed by atoms with van der Waals surface area (Å²) in [6.07, 6.45) is -4.21. The van der Waals surface area contributed by atoms with Crippen LogP contribution in [0.1, 0.15) is 30.4 Å². The van der Waals surface area contributed by atoms with Gasteiger partial charge in [0, 0.05) is 25.2 Å². The van der Waals surface area contributed by atoms with Gasteiger partial charge in [-0.1, -0.05) is 13.0 Å². The lowest BCUT2D eigenvalue weighted by atomic mass is 9.88. The van der Waals surface area contributed by atoms with Gasteiger partial charge in [0.15, 0.2) is 0 Å². The van der Waals surface area contributed by atoms with Crippen LogP contribution in [0.3, 0.4) is 0 Å². The van der Waals surface area contributed by atoms with E-state index in [0.717, 1.165) is 6.07 Å². The zero-order chi connectivity index (χ0) is 15.1. The SMILES string of the molecule is CC(CC1CN(C)c2cccc(C(F)(F)F)c21)C(=O)O. The van der Waals surface area contributed by atoms with Crippen molar-refractivity contribution in [2.75, 3.05) is 18.5 Å². The Morgan fingerprint density at radius 3 is 2.70 bits per heavy atom. The van der Waals surface area contributed by atoms with Gasteiger partial charge in [-0.3, -0.25) is 4.79 Å². The Morgan fingerprint density at radius 1 is 1.50 bits per heavy atom. The smallest absolute Gasteiger partial charge is 0.416 e. The third-order valence-corrected chi connectivity index (χ3v) is 3.76. The number of nitrogens with zero attached hydrogens (tertiary/aromatic N) is 1. The Bertz CT molecular complexity index is 528. The molecule has 1 aliphatic rings. The topological polar surface area (TPSA) is 40.5 Å². The van der Waals surface area contributed by atoms with E-state index in [1.165, 1.54) is 13.0 Å². The van der Waals surface area contributed by atoms with Crippen LogP contribution in [0, 0.1) is 5.92 Å². The van der Waals surface area contributed by atoms with Gasteiger partial charge in [-0.2, -0.15) is 13.2 Å². The molecule has 3 nitrogen and oxygen atoms in total. The zero-order valence-corrected chi connectivity index (χ0v) is 11.2. The highest BCUT2D eigenvalue weighted by Crippen LogP contribution is 2.45. The summed E-state index contributed by atoms with van der Waals surface area (Å²) in [5.74, 6) is -2.05. The van der Waals surface area contributed by atoms with Crippen molar-refractivity contribution in [3.8, 4) is 0 Å². The molecule has 0 aliphatic carbocycles. The summed E-state index contributed by atoms with van der Waals surface area (Å²) in [5, 5.41) is 8.95. The van der Waals surface area contributed by atoms with Crippen molar-refractivity contribution in [1.29, 1.82) is 0 Å². The Labute approximate surface area is 115 Å². The lowest BCUT2D eigenvalue weighted by molar-refractivity contribution is -0.141. The van der Waals surface area contributed by atoms with E-state index in [4.69, 9.17) is 5.11 Å². The van der Waals surface area contributed by atoms with Gasteiger partial charge in [0.1, 0.15) is 0 Å². The van der Waals surface area contributed by atoms with Crippen LogP contribution >= 0.6 is 0 Å². The maximum absolute atomic E-state index is 13.1. The molecule has 2 unspecified atom stereocenters. The van der Waals surface area contributed by atoms with Crippen molar-refractivity contribution >= 4 is 11.7 Å². The van der Waals surface area contributed by atoms with Crippen molar-refractivity contribution in [1.82, 2.24) is 0 Å². The van der Waals surface area contributed by atoms with Crippen LogP contribution in [0.15, 0.2) is 18.2 Å². The van der Waals surface area contributed by atoms with Crippen molar-refractivity contribution in [2.45, 2.75) is 25.4 Å². The minimum absolute atomic E-state index is 0.208. The van der Waals surface area contributed by atoms with Gasteiger partial charge in [0.05, 0.1) is 11.5 Å². The lowest BCUT2D eigenvalue weighted by Gasteiger charge is -2.18. The van der Waals surface area contributed by atoms with Gasteiger partial charge >= 0.3 is 12.1 Å². The van der Waals surface area contributed by atoms with E-state index >= 15 is 0 Å². The van der Waals surface area contributed by atoms with Crippen molar-refractivity contribution < 1.29 is 23.1 Å². The predicted molar refractivity (Wildman–Crippen MR) is 68.9 cm³/mol. The maximum Gasteiger partial charge on any atom is 0.416 e. The van der Waals surface area contributed by atoms with Crippen LogP contribution in [-0.2, 0) is 11.0 Å². The number of carboxylic acids is 1. The molecule has 1 aromatic rings. The van der Waals surface area contributed by atoms with Gasteiger partial charge in [-0.05, 0) is 24.1 Å². The van der Waals surface area contributed by atoms with E-state index in [1.807, 2.05) is 0 Å². The summed E-state index contributed by atoms with van der Waals surface area (Å²) in [5.41, 5.74) is 0.125. The molecule has 20 heavy (non-hydrogen) atoms. The number of anilines is 1. The first-order chi connectivity index (χ1) is 9.21. The Balaban J connectivity index is 2.42. The van der Waals surface area contributed by atoms with E-state index in [1.54, 1.807) is 18.0 Å². The van der Waals surface area contributed by atoms with E-state index in [-0.39, 0.29) is 12.0 Å². The number of hydrogen-bond acceptors (Lipinski definition) is 2. The summed E-state index contributed by atoms with van der Waals surface area (Å²) in [6, 6.07) is 4.10. The highest BCUT2D eigenvalue weighted by atomic mass is 19.4. The molecule has 0 bridgehead atoms. The summed E-state index contributed by atoms with van der Waals surface area (Å²) in [6.45, 7) is 1.94. The van der Waals surface area contributed by atoms with Crippen LogP contribution in [0.2, 0.25) is 0 Å². The van der Waals surface area contributed by atoms with E-state index in [0.29, 0.717) is 12.2 Å². The molecule has 2 rings (SSSR count). The van der Waals surface area contributed by atoms with Crippen molar-refractivity contribution in [2.24, 2.45) is 5.92 Å². The maximum atomic E-state index is 13.1. The van der Waals surface area contributed by atoms with Crippen LogP contribution in [-0.4, -0.2) is 24.7 Å². The fourth-order valence-electron chi connectivity index (χ4n) is 2.80.